The van der Waals surface area contributed by atoms with Gasteiger partial charge in [-0.2, -0.15) is 0 Å². The Balaban J connectivity index is 0.000000989. The number of rotatable bonds is 6. The van der Waals surface area contributed by atoms with Crippen molar-refractivity contribution in [2.75, 3.05) is 22.4 Å². The molecule has 1 fully saturated rings. The maximum absolute atomic E-state index is 12.7. The fourth-order valence-corrected chi connectivity index (χ4v) is 3.62. The maximum Gasteiger partial charge on any atom is 0.257 e. The summed E-state index contributed by atoms with van der Waals surface area (Å²) in [7, 11) is 1.91. The molecule has 1 heterocycles. The van der Waals surface area contributed by atoms with Gasteiger partial charge in [-0.15, -0.1) is 0 Å². The lowest BCUT2D eigenvalue weighted by Gasteiger charge is -2.17. The fraction of sp³-hybridized carbons (Fsp3) is 0.455. The highest BCUT2D eigenvalue weighted by Crippen LogP contribution is 2.42. The zero-order valence-corrected chi connectivity index (χ0v) is 20.4. The summed E-state index contributed by atoms with van der Waals surface area (Å²) < 4.78 is 1.91. The van der Waals surface area contributed by atoms with Crippen LogP contribution in [0.5, 0.6) is 0 Å². The molecule has 1 aliphatic carbocycles. The van der Waals surface area contributed by atoms with E-state index >= 15 is 0 Å². The molecule has 0 saturated heterocycles. The number of hydrogen-bond acceptors (Lipinski definition) is 4. The number of carbonyl (C=O) groups is 1. The second kappa shape index (κ2) is 13.0. The molecule has 1 aromatic heterocycles. The summed E-state index contributed by atoms with van der Waals surface area (Å²) >= 11 is 14.0. The van der Waals surface area contributed by atoms with Crippen LogP contribution in [0.4, 0.5) is 11.5 Å². The molecule has 0 atom stereocenters. The lowest BCUT2D eigenvalue weighted by molar-refractivity contribution is 0.102. The zero-order chi connectivity index (χ0) is 22.0. The molecule has 2 aromatic rings. The van der Waals surface area contributed by atoms with Crippen LogP contribution in [0.1, 0.15) is 69.3 Å². The van der Waals surface area contributed by atoms with Crippen LogP contribution in [0.15, 0.2) is 30.5 Å². The van der Waals surface area contributed by atoms with Gasteiger partial charge in [-0.3, -0.25) is 4.79 Å². The summed E-state index contributed by atoms with van der Waals surface area (Å²) in [5.74, 6) is 1.89. The summed E-state index contributed by atoms with van der Waals surface area (Å²) in [5, 5.41) is 3.85. The first kappa shape index (κ1) is 25.6. The summed E-state index contributed by atoms with van der Waals surface area (Å²) in [6, 6.07) is 7.40. The number of carbonyl (C=O) groups excluding carboxylic acids is 1. The van der Waals surface area contributed by atoms with Crippen LogP contribution in [-0.2, 0) is 0 Å². The lowest BCUT2D eigenvalue weighted by atomic mass is 10.1. The topological polar surface area (TPSA) is 45.2 Å². The van der Waals surface area contributed by atoms with E-state index in [-0.39, 0.29) is 5.91 Å². The smallest absolute Gasteiger partial charge is 0.257 e. The van der Waals surface area contributed by atoms with Crippen molar-refractivity contribution in [3.8, 4) is 0 Å². The number of nitrogens with one attached hydrogen (secondary N) is 1. The molecule has 160 valence electrons. The molecule has 29 heavy (non-hydrogen) atoms. The summed E-state index contributed by atoms with van der Waals surface area (Å²) in [6.07, 6.45) is 3.86. The van der Waals surface area contributed by atoms with E-state index in [1.165, 1.54) is 24.6 Å². The van der Waals surface area contributed by atoms with Crippen LogP contribution in [-0.4, -0.2) is 23.7 Å². The second-order valence-corrected chi connectivity index (χ2v) is 8.17. The third-order valence-corrected chi connectivity index (χ3v) is 5.31. The van der Waals surface area contributed by atoms with Gasteiger partial charge in [0, 0.05) is 29.7 Å². The van der Waals surface area contributed by atoms with Gasteiger partial charge in [-0.25, -0.2) is 4.98 Å². The van der Waals surface area contributed by atoms with Crippen molar-refractivity contribution >= 4 is 52.6 Å². The van der Waals surface area contributed by atoms with Gasteiger partial charge in [0.2, 0.25) is 0 Å². The summed E-state index contributed by atoms with van der Waals surface area (Å²) in [5.41, 5.74) is 2.25. The van der Waals surface area contributed by atoms with Crippen LogP contribution in [0, 0.1) is 0 Å². The number of amides is 1. The molecular formula is C22H31Cl2N3OS. The molecule has 3 rings (SSSR count). The zero-order valence-electron chi connectivity index (χ0n) is 18.1. The van der Waals surface area contributed by atoms with E-state index < -0.39 is 0 Å². The number of nitrogens with zero attached hydrogens (tertiary/aromatic N) is 2. The van der Waals surface area contributed by atoms with E-state index in [0.29, 0.717) is 33.0 Å². The molecule has 0 bridgehead atoms. The normalized spacial score (nSPS) is 12.1. The molecule has 0 unspecified atom stereocenters. The van der Waals surface area contributed by atoms with E-state index in [4.69, 9.17) is 23.2 Å². The average molecular weight is 456 g/mol. The van der Waals surface area contributed by atoms with Gasteiger partial charge >= 0.3 is 0 Å². The molecule has 0 spiro atoms. The van der Waals surface area contributed by atoms with Crippen molar-refractivity contribution in [3.63, 3.8) is 0 Å². The predicted octanol–water partition coefficient (Wildman–Crippen LogP) is 7.67. The molecule has 1 N–H and O–H groups in total. The highest BCUT2D eigenvalue weighted by atomic mass is 35.5. The largest absolute Gasteiger partial charge is 0.322 e. The highest BCUT2D eigenvalue weighted by Gasteiger charge is 2.24. The number of benzene rings is 1. The minimum absolute atomic E-state index is 0.271. The maximum atomic E-state index is 12.7. The Hall–Kier alpha value is -1.43. The minimum Gasteiger partial charge on any atom is -0.322 e. The number of pyridine rings is 1. The van der Waals surface area contributed by atoms with Gasteiger partial charge in [-0.05, 0) is 60.5 Å². The monoisotopic (exact) mass is 455 g/mol. The van der Waals surface area contributed by atoms with Gasteiger partial charge in [0.05, 0.1) is 10.6 Å². The van der Waals surface area contributed by atoms with Crippen molar-refractivity contribution in [2.24, 2.45) is 0 Å². The molecule has 1 aliphatic rings. The Kier molecular flexibility index (Phi) is 11.5. The predicted molar refractivity (Wildman–Crippen MR) is 130 cm³/mol. The number of halogens is 2. The summed E-state index contributed by atoms with van der Waals surface area (Å²) in [6.45, 7) is 10.1. The van der Waals surface area contributed by atoms with Crippen LogP contribution >= 0.6 is 35.1 Å². The molecular weight excluding hydrogens is 425 g/mol. The SMILES string of the molecule is CC.CC.CCSN(C)c1cc(C(=O)Nc2cc(Cl)cc(C3CC3)c2)c(Cl)cn1. The molecule has 0 aliphatic heterocycles. The Morgan fingerprint density at radius 2 is 1.83 bits per heavy atom. The van der Waals surface area contributed by atoms with E-state index in [0.717, 1.165) is 5.75 Å². The Morgan fingerprint density at radius 3 is 2.41 bits per heavy atom. The fourth-order valence-electron chi connectivity index (χ4n) is 2.57. The Labute approximate surface area is 189 Å². The van der Waals surface area contributed by atoms with Crippen molar-refractivity contribution in [3.05, 3.63) is 51.6 Å². The van der Waals surface area contributed by atoms with Crippen molar-refractivity contribution in [1.82, 2.24) is 4.98 Å². The van der Waals surface area contributed by atoms with Crippen LogP contribution in [0.3, 0.4) is 0 Å². The third kappa shape index (κ3) is 7.72. The number of anilines is 2. The molecule has 1 amide bonds. The first-order valence-corrected chi connectivity index (χ1v) is 11.8. The number of aromatic nitrogens is 1. The van der Waals surface area contributed by atoms with Crippen LogP contribution in [0.25, 0.3) is 0 Å². The van der Waals surface area contributed by atoms with Crippen LogP contribution in [0.2, 0.25) is 10.0 Å². The highest BCUT2D eigenvalue weighted by molar-refractivity contribution is 8.00. The van der Waals surface area contributed by atoms with Crippen molar-refractivity contribution in [2.45, 2.75) is 53.4 Å². The molecule has 7 heteroatoms. The molecule has 4 nitrogen and oxygen atoms in total. The van der Waals surface area contributed by atoms with Gasteiger partial charge in [0.1, 0.15) is 5.82 Å². The summed E-state index contributed by atoms with van der Waals surface area (Å²) in [4.78, 5) is 17.0. The van der Waals surface area contributed by atoms with Crippen LogP contribution < -0.4 is 9.62 Å². The van der Waals surface area contributed by atoms with E-state index in [9.17, 15) is 4.79 Å². The third-order valence-electron chi connectivity index (χ3n) is 3.96. The Bertz CT molecular complexity index is 798. The first-order valence-electron chi connectivity index (χ1n) is 10.1. The number of hydrogen-bond donors (Lipinski definition) is 1. The standard InChI is InChI=1S/C18H19Cl2N3OS.2C2H6/c1-3-25-23(2)17-9-15(16(20)10-21-17)18(24)22-14-7-12(11-4-5-11)6-13(19)8-14;2*1-2/h6-11H,3-5H2,1-2H3,(H,22,24);2*1-2H3. The van der Waals surface area contributed by atoms with E-state index in [1.807, 2.05) is 51.2 Å². The van der Waals surface area contributed by atoms with Crippen molar-refractivity contribution < 1.29 is 4.79 Å². The molecule has 0 radical (unpaired) electrons. The van der Waals surface area contributed by atoms with E-state index in [1.54, 1.807) is 24.1 Å². The van der Waals surface area contributed by atoms with Gasteiger partial charge < -0.3 is 9.62 Å². The second-order valence-electron chi connectivity index (χ2n) is 5.94. The molecule has 1 saturated carbocycles. The van der Waals surface area contributed by atoms with Crippen molar-refractivity contribution in [1.29, 1.82) is 0 Å². The van der Waals surface area contributed by atoms with Gasteiger partial charge in [0.15, 0.2) is 0 Å². The molecule has 1 aromatic carbocycles. The quantitative estimate of drug-likeness (QED) is 0.453. The van der Waals surface area contributed by atoms with Gasteiger partial charge in [-0.1, -0.05) is 57.8 Å². The van der Waals surface area contributed by atoms with E-state index in [2.05, 4.69) is 17.2 Å². The Morgan fingerprint density at radius 1 is 1.17 bits per heavy atom. The lowest BCUT2D eigenvalue weighted by Crippen LogP contribution is -2.15. The minimum atomic E-state index is -0.271. The first-order chi connectivity index (χ1) is 14.0. The average Bonchev–Trinajstić information content (AvgIpc) is 3.56. The van der Waals surface area contributed by atoms with Gasteiger partial charge in [0.25, 0.3) is 5.91 Å².